The molecular formula is C29H59N3. The van der Waals surface area contributed by atoms with E-state index in [0.29, 0.717) is 29.6 Å². The van der Waals surface area contributed by atoms with Gasteiger partial charge in [-0.25, -0.2) is 0 Å². The molecule has 0 aliphatic heterocycles. The lowest BCUT2D eigenvalue weighted by molar-refractivity contribution is 0.231. The minimum atomic E-state index is 0.506. The lowest BCUT2D eigenvalue weighted by Crippen LogP contribution is -2.35. The van der Waals surface area contributed by atoms with E-state index in [-0.39, 0.29) is 0 Å². The van der Waals surface area contributed by atoms with E-state index in [0.717, 1.165) is 32.0 Å². The highest BCUT2D eigenvalue weighted by atomic mass is 14.6. The Hall–Kier alpha value is -0.380. The molecule has 0 amide bonds. The van der Waals surface area contributed by atoms with Crippen molar-refractivity contribution in [3.05, 3.63) is 11.6 Å². The van der Waals surface area contributed by atoms with Crippen LogP contribution < -0.4 is 17.2 Å². The van der Waals surface area contributed by atoms with Gasteiger partial charge in [0.2, 0.25) is 0 Å². The van der Waals surface area contributed by atoms with E-state index in [2.05, 4.69) is 33.8 Å². The van der Waals surface area contributed by atoms with Crippen molar-refractivity contribution in [2.24, 2.45) is 52.7 Å². The van der Waals surface area contributed by atoms with Gasteiger partial charge in [0.1, 0.15) is 0 Å². The lowest BCUT2D eigenvalue weighted by Gasteiger charge is -2.33. The Labute approximate surface area is 201 Å². The molecule has 1 aliphatic carbocycles. The molecule has 190 valence electrons. The molecule has 0 saturated carbocycles. The topological polar surface area (TPSA) is 78.1 Å². The van der Waals surface area contributed by atoms with Crippen LogP contribution in [0.3, 0.4) is 0 Å². The summed E-state index contributed by atoms with van der Waals surface area (Å²) in [5.41, 5.74) is 20.1. The van der Waals surface area contributed by atoms with Crippen LogP contribution in [0.1, 0.15) is 118 Å². The summed E-state index contributed by atoms with van der Waals surface area (Å²) in [4.78, 5) is 0. The first-order chi connectivity index (χ1) is 15.4. The van der Waals surface area contributed by atoms with Crippen LogP contribution in [0, 0.1) is 35.5 Å². The first-order valence-electron chi connectivity index (χ1n) is 14.2. The maximum atomic E-state index is 6.43. The molecule has 3 nitrogen and oxygen atoms in total. The third-order valence-electron chi connectivity index (χ3n) is 8.49. The summed E-state index contributed by atoms with van der Waals surface area (Å²) in [6.45, 7) is 11.9. The summed E-state index contributed by atoms with van der Waals surface area (Å²) >= 11 is 0. The van der Waals surface area contributed by atoms with Crippen LogP contribution >= 0.6 is 0 Å². The van der Waals surface area contributed by atoms with Crippen LogP contribution in [0.25, 0.3) is 0 Å². The van der Waals surface area contributed by atoms with Gasteiger partial charge in [-0.2, -0.15) is 0 Å². The zero-order chi connectivity index (χ0) is 23.8. The van der Waals surface area contributed by atoms with Crippen molar-refractivity contribution in [3.8, 4) is 0 Å². The van der Waals surface area contributed by atoms with Crippen molar-refractivity contribution in [1.29, 1.82) is 0 Å². The maximum Gasteiger partial charge on any atom is -0.00401 e. The Morgan fingerprint density at radius 2 is 1.38 bits per heavy atom. The Balaban J connectivity index is 2.89. The molecular weight excluding hydrogens is 390 g/mol. The average Bonchev–Trinajstić information content (AvgIpc) is 2.77. The standard InChI is InChI=1S/C29H59N3/c1-23-12-8-6-5-7-9-15-27(20-26(4)25(3)14-11-10-13-23)29(22-32)28(21-31)17-16-24(2)18-19-30/h20,23-25,27-29H,5-19,21-22,30-32H2,1-4H3/b26-20-/t23?,24?,25-,27?,28?,29?/m1/s1. The van der Waals surface area contributed by atoms with Gasteiger partial charge in [0.05, 0.1) is 0 Å². The van der Waals surface area contributed by atoms with Crippen molar-refractivity contribution in [1.82, 2.24) is 0 Å². The van der Waals surface area contributed by atoms with Gasteiger partial charge in [-0.05, 0) is 87.7 Å². The molecule has 0 fully saturated rings. The fourth-order valence-corrected chi connectivity index (χ4v) is 5.79. The number of allylic oxidation sites excluding steroid dienone is 2. The molecule has 0 saturated heterocycles. The number of nitrogens with two attached hydrogens (primary N) is 3. The molecule has 0 radical (unpaired) electrons. The van der Waals surface area contributed by atoms with E-state index < -0.39 is 0 Å². The molecule has 0 heterocycles. The molecule has 1 aliphatic rings. The molecule has 5 unspecified atom stereocenters. The minimum absolute atomic E-state index is 0.506. The first kappa shape index (κ1) is 29.7. The summed E-state index contributed by atoms with van der Waals surface area (Å²) in [6.07, 6.45) is 21.3. The summed E-state index contributed by atoms with van der Waals surface area (Å²) in [5.74, 6) is 3.88. The number of hydrogen-bond acceptors (Lipinski definition) is 3. The highest BCUT2D eigenvalue weighted by Crippen LogP contribution is 2.33. The molecule has 0 aromatic rings. The molecule has 0 aromatic carbocycles. The Morgan fingerprint density at radius 1 is 0.781 bits per heavy atom. The summed E-state index contributed by atoms with van der Waals surface area (Å²) in [6, 6.07) is 0. The second-order valence-electron chi connectivity index (χ2n) is 11.4. The van der Waals surface area contributed by atoms with Crippen molar-refractivity contribution in [3.63, 3.8) is 0 Å². The van der Waals surface area contributed by atoms with E-state index in [1.54, 1.807) is 5.57 Å². The Bertz CT molecular complexity index is 475. The van der Waals surface area contributed by atoms with Gasteiger partial charge >= 0.3 is 0 Å². The lowest BCUT2D eigenvalue weighted by atomic mass is 9.74. The Kier molecular flexibility index (Phi) is 16.7. The van der Waals surface area contributed by atoms with Gasteiger partial charge in [-0.1, -0.05) is 96.6 Å². The average molecular weight is 450 g/mol. The van der Waals surface area contributed by atoms with Gasteiger partial charge in [0.15, 0.2) is 0 Å². The van der Waals surface area contributed by atoms with Crippen LogP contribution in [0.5, 0.6) is 0 Å². The predicted molar refractivity (Wildman–Crippen MR) is 144 cm³/mol. The van der Waals surface area contributed by atoms with E-state index in [9.17, 15) is 0 Å². The van der Waals surface area contributed by atoms with Crippen molar-refractivity contribution < 1.29 is 0 Å². The normalized spacial score (nSPS) is 29.6. The van der Waals surface area contributed by atoms with Gasteiger partial charge in [0.25, 0.3) is 0 Å². The van der Waals surface area contributed by atoms with Crippen LogP contribution in [0.2, 0.25) is 0 Å². The largest absolute Gasteiger partial charge is 0.330 e. The monoisotopic (exact) mass is 449 g/mol. The van der Waals surface area contributed by atoms with Crippen molar-refractivity contribution >= 4 is 0 Å². The SMILES string of the molecule is C/C1=C/C(C(CN)C(CN)CCC(C)CCN)CCCCCCCC(C)CCCC[C@H]1C. The van der Waals surface area contributed by atoms with Crippen molar-refractivity contribution in [2.45, 2.75) is 118 Å². The van der Waals surface area contributed by atoms with E-state index in [4.69, 9.17) is 17.2 Å². The van der Waals surface area contributed by atoms with Gasteiger partial charge < -0.3 is 17.2 Å². The summed E-state index contributed by atoms with van der Waals surface area (Å²) in [7, 11) is 0. The number of rotatable bonds is 9. The van der Waals surface area contributed by atoms with Crippen LogP contribution in [0.15, 0.2) is 11.6 Å². The summed E-state index contributed by atoms with van der Waals surface area (Å²) < 4.78 is 0. The highest BCUT2D eigenvalue weighted by Gasteiger charge is 2.27. The second kappa shape index (κ2) is 18.0. The highest BCUT2D eigenvalue weighted by molar-refractivity contribution is 5.07. The zero-order valence-corrected chi connectivity index (χ0v) is 22.3. The maximum absolute atomic E-state index is 6.43. The fourth-order valence-electron chi connectivity index (χ4n) is 5.79. The molecule has 0 spiro atoms. The van der Waals surface area contributed by atoms with E-state index >= 15 is 0 Å². The molecule has 6 N–H and O–H groups in total. The van der Waals surface area contributed by atoms with Crippen molar-refractivity contribution in [2.75, 3.05) is 19.6 Å². The zero-order valence-electron chi connectivity index (χ0n) is 22.3. The minimum Gasteiger partial charge on any atom is -0.330 e. The van der Waals surface area contributed by atoms with Gasteiger partial charge in [0, 0.05) is 0 Å². The predicted octanol–water partition coefficient (Wildman–Crippen LogP) is 7.04. The quantitative estimate of drug-likeness (QED) is 0.330. The number of hydrogen-bond donors (Lipinski definition) is 3. The fraction of sp³-hybridized carbons (Fsp3) is 0.931. The smallest absolute Gasteiger partial charge is 0.00401 e. The molecule has 32 heavy (non-hydrogen) atoms. The third-order valence-corrected chi connectivity index (χ3v) is 8.49. The van der Waals surface area contributed by atoms with Gasteiger partial charge in [-0.3, -0.25) is 0 Å². The van der Waals surface area contributed by atoms with E-state index in [1.165, 1.54) is 83.5 Å². The second-order valence-corrected chi connectivity index (χ2v) is 11.4. The third kappa shape index (κ3) is 12.2. The molecule has 6 atom stereocenters. The molecule has 1 rings (SSSR count). The van der Waals surface area contributed by atoms with Crippen LogP contribution in [0.4, 0.5) is 0 Å². The molecule has 0 aromatic heterocycles. The first-order valence-corrected chi connectivity index (χ1v) is 14.2. The van der Waals surface area contributed by atoms with Crippen LogP contribution in [-0.4, -0.2) is 19.6 Å². The molecule has 3 heteroatoms. The van der Waals surface area contributed by atoms with Gasteiger partial charge in [-0.15, -0.1) is 0 Å². The van der Waals surface area contributed by atoms with Crippen LogP contribution in [-0.2, 0) is 0 Å². The summed E-state index contributed by atoms with van der Waals surface area (Å²) in [5, 5.41) is 0. The molecule has 0 bridgehead atoms. The van der Waals surface area contributed by atoms with E-state index in [1.807, 2.05) is 0 Å². The Morgan fingerprint density at radius 3 is 2.00 bits per heavy atom.